The summed E-state index contributed by atoms with van der Waals surface area (Å²) in [5.74, 6) is 0. The summed E-state index contributed by atoms with van der Waals surface area (Å²) in [5, 5.41) is 3.69. The van der Waals surface area contributed by atoms with Crippen molar-refractivity contribution in [1.82, 2.24) is 14.1 Å². The van der Waals surface area contributed by atoms with E-state index in [9.17, 15) is 9.59 Å². The van der Waals surface area contributed by atoms with Gasteiger partial charge in [-0.3, -0.25) is 13.9 Å². The highest BCUT2D eigenvalue weighted by Crippen LogP contribution is 2.16. The Bertz CT molecular complexity index is 750. The number of hydrogen-bond donors (Lipinski definition) is 1. The Kier molecular flexibility index (Phi) is 2.96. The van der Waals surface area contributed by atoms with Crippen molar-refractivity contribution in [3.05, 3.63) is 33.1 Å². The Morgan fingerprint density at radius 2 is 1.79 bits per heavy atom. The fraction of sp³-hybridized carbons (Fsp3) is 0.462. The largest absolute Gasteiger partial charge is 0.379 e. The second-order valence-electron chi connectivity index (χ2n) is 5.68. The molecule has 2 aromatic rings. The van der Waals surface area contributed by atoms with E-state index in [4.69, 9.17) is 0 Å². The van der Waals surface area contributed by atoms with Crippen LogP contribution in [0, 0.1) is 0 Å². The van der Waals surface area contributed by atoms with Crippen molar-refractivity contribution < 1.29 is 0 Å². The monoisotopic (exact) mass is 262 g/mol. The number of anilines is 1. The normalized spacial score (nSPS) is 11.8. The predicted octanol–water partition coefficient (Wildman–Crippen LogP) is 0.843. The van der Waals surface area contributed by atoms with Crippen molar-refractivity contribution >= 4 is 16.7 Å². The van der Waals surface area contributed by atoms with Gasteiger partial charge in [-0.1, -0.05) is 0 Å². The Morgan fingerprint density at radius 3 is 2.37 bits per heavy atom. The average molecular weight is 262 g/mol. The fourth-order valence-corrected chi connectivity index (χ4v) is 1.97. The molecule has 2 rings (SSSR count). The summed E-state index contributed by atoms with van der Waals surface area (Å²) in [6.07, 6.45) is 1.63. The molecule has 0 spiro atoms. The van der Waals surface area contributed by atoms with Crippen molar-refractivity contribution in [1.29, 1.82) is 0 Å². The van der Waals surface area contributed by atoms with Gasteiger partial charge in [0.25, 0.3) is 5.56 Å². The summed E-state index contributed by atoms with van der Waals surface area (Å²) < 4.78 is 2.46. The van der Waals surface area contributed by atoms with Crippen LogP contribution in [0.5, 0.6) is 0 Å². The van der Waals surface area contributed by atoms with Gasteiger partial charge < -0.3 is 5.32 Å². The van der Waals surface area contributed by atoms with Crippen LogP contribution in [-0.4, -0.2) is 19.7 Å². The lowest BCUT2D eigenvalue weighted by Gasteiger charge is -2.22. The molecule has 0 aliphatic carbocycles. The quantitative estimate of drug-likeness (QED) is 0.827. The number of aromatic nitrogens is 3. The van der Waals surface area contributed by atoms with E-state index in [-0.39, 0.29) is 16.8 Å². The number of hydrogen-bond acceptors (Lipinski definition) is 4. The summed E-state index contributed by atoms with van der Waals surface area (Å²) >= 11 is 0. The summed E-state index contributed by atoms with van der Waals surface area (Å²) in [6.45, 7) is 6.07. The predicted molar refractivity (Wildman–Crippen MR) is 75.6 cm³/mol. The van der Waals surface area contributed by atoms with Gasteiger partial charge in [0.1, 0.15) is 5.65 Å². The Morgan fingerprint density at radius 1 is 1.16 bits per heavy atom. The number of fused-ring (bicyclic) bond motifs is 1. The van der Waals surface area contributed by atoms with Crippen LogP contribution in [0.2, 0.25) is 0 Å². The number of pyridine rings is 1. The van der Waals surface area contributed by atoms with E-state index in [0.717, 1.165) is 10.3 Å². The molecule has 0 radical (unpaired) electrons. The zero-order valence-electron chi connectivity index (χ0n) is 11.8. The highest BCUT2D eigenvalue weighted by atomic mass is 16.2. The van der Waals surface area contributed by atoms with Gasteiger partial charge in [0.2, 0.25) is 0 Å². The van der Waals surface area contributed by atoms with Crippen LogP contribution in [0.4, 0.5) is 5.69 Å². The first-order valence-electron chi connectivity index (χ1n) is 6.04. The lowest BCUT2D eigenvalue weighted by Crippen LogP contribution is -2.37. The average Bonchev–Trinajstić information content (AvgIpc) is 2.31. The first kappa shape index (κ1) is 13.3. The molecule has 102 valence electrons. The van der Waals surface area contributed by atoms with E-state index in [0.29, 0.717) is 11.0 Å². The molecule has 0 fully saturated rings. The first-order valence-corrected chi connectivity index (χ1v) is 6.04. The standard InChI is InChI=1S/C13H18N4O2/c1-13(2,3)15-8-6-9-10(14-7-8)16(4)12(19)17(5)11(9)18/h6-7,15H,1-5H3. The van der Waals surface area contributed by atoms with E-state index in [1.807, 2.05) is 20.8 Å². The maximum atomic E-state index is 12.1. The topological polar surface area (TPSA) is 68.9 Å². The fourth-order valence-electron chi connectivity index (χ4n) is 1.97. The third kappa shape index (κ3) is 2.38. The van der Waals surface area contributed by atoms with Crippen molar-refractivity contribution in [2.75, 3.05) is 5.32 Å². The molecule has 19 heavy (non-hydrogen) atoms. The maximum Gasteiger partial charge on any atom is 0.332 e. The Hall–Kier alpha value is -2.11. The van der Waals surface area contributed by atoms with Crippen LogP contribution in [0.15, 0.2) is 21.9 Å². The van der Waals surface area contributed by atoms with Crippen molar-refractivity contribution in [3.8, 4) is 0 Å². The van der Waals surface area contributed by atoms with Crippen molar-refractivity contribution in [3.63, 3.8) is 0 Å². The van der Waals surface area contributed by atoms with Crippen LogP contribution in [-0.2, 0) is 14.1 Å². The molecule has 6 heteroatoms. The third-order valence-electron chi connectivity index (χ3n) is 2.81. The molecule has 0 amide bonds. The molecule has 6 nitrogen and oxygen atoms in total. The minimum Gasteiger partial charge on any atom is -0.379 e. The Balaban J connectivity index is 2.74. The van der Waals surface area contributed by atoms with Gasteiger partial charge in [0.05, 0.1) is 17.3 Å². The number of aryl methyl sites for hydroxylation is 1. The smallest absolute Gasteiger partial charge is 0.332 e. The molecule has 0 aliphatic heterocycles. The lowest BCUT2D eigenvalue weighted by molar-refractivity contribution is 0.633. The van der Waals surface area contributed by atoms with Gasteiger partial charge in [-0.25, -0.2) is 9.78 Å². The summed E-state index contributed by atoms with van der Waals surface area (Å²) in [7, 11) is 3.07. The molecule has 0 aromatic carbocycles. The molecule has 0 unspecified atom stereocenters. The van der Waals surface area contributed by atoms with Gasteiger partial charge >= 0.3 is 5.69 Å². The SMILES string of the molecule is Cn1c(=O)c2cc(NC(C)(C)C)cnc2n(C)c1=O. The molecule has 0 saturated heterocycles. The zero-order chi connectivity index (χ0) is 14.4. The van der Waals surface area contributed by atoms with E-state index in [2.05, 4.69) is 10.3 Å². The highest BCUT2D eigenvalue weighted by molar-refractivity contribution is 5.77. The van der Waals surface area contributed by atoms with Crippen LogP contribution >= 0.6 is 0 Å². The van der Waals surface area contributed by atoms with Crippen molar-refractivity contribution in [2.24, 2.45) is 14.1 Å². The Labute approximate surface area is 110 Å². The molecule has 2 heterocycles. The third-order valence-corrected chi connectivity index (χ3v) is 2.81. The van der Waals surface area contributed by atoms with E-state index in [1.54, 1.807) is 19.3 Å². The number of nitrogens with one attached hydrogen (secondary N) is 1. The van der Waals surface area contributed by atoms with Crippen LogP contribution in [0.25, 0.3) is 11.0 Å². The molecule has 0 atom stereocenters. The molecule has 0 aliphatic rings. The molecule has 2 aromatic heterocycles. The number of rotatable bonds is 1. The highest BCUT2D eigenvalue weighted by Gasteiger charge is 2.13. The van der Waals surface area contributed by atoms with Crippen LogP contribution in [0.3, 0.4) is 0 Å². The zero-order valence-corrected chi connectivity index (χ0v) is 11.8. The molecular weight excluding hydrogens is 244 g/mol. The lowest BCUT2D eigenvalue weighted by atomic mass is 10.1. The second-order valence-corrected chi connectivity index (χ2v) is 5.68. The minimum atomic E-state index is -0.374. The van der Waals surface area contributed by atoms with E-state index < -0.39 is 0 Å². The first-order chi connectivity index (χ1) is 8.70. The summed E-state index contributed by atoms with van der Waals surface area (Å²) in [4.78, 5) is 28.1. The van der Waals surface area contributed by atoms with Gasteiger partial charge in [-0.2, -0.15) is 0 Å². The van der Waals surface area contributed by atoms with E-state index >= 15 is 0 Å². The van der Waals surface area contributed by atoms with Crippen molar-refractivity contribution in [2.45, 2.75) is 26.3 Å². The van der Waals surface area contributed by atoms with Crippen LogP contribution in [0.1, 0.15) is 20.8 Å². The summed E-state index contributed by atoms with van der Waals surface area (Å²) in [5.41, 5.74) is 0.328. The van der Waals surface area contributed by atoms with Gasteiger partial charge in [-0.15, -0.1) is 0 Å². The maximum absolute atomic E-state index is 12.1. The second kappa shape index (κ2) is 4.22. The van der Waals surface area contributed by atoms with Gasteiger partial charge in [0.15, 0.2) is 0 Å². The minimum absolute atomic E-state index is 0.124. The molecule has 0 bridgehead atoms. The number of nitrogens with zero attached hydrogens (tertiary/aromatic N) is 3. The van der Waals surface area contributed by atoms with E-state index in [1.165, 1.54) is 11.6 Å². The molecular formula is C13H18N4O2. The van der Waals surface area contributed by atoms with Crippen LogP contribution < -0.4 is 16.6 Å². The molecule has 0 saturated carbocycles. The summed E-state index contributed by atoms with van der Waals surface area (Å²) in [6, 6.07) is 1.73. The van der Waals surface area contributed by atoms with Gasteiger partial charge in [-0.05, 0) is 26.8 Å². The van der Waals surface area contributed by atoms with Gasteiger partial charge in [0, 0.05) is 19.6 Å². The molecule has 1 N–H and O–H groups in total.